The van der Waals surface area contributed by atoms with Gasteiger partial charge >= 0.3 is 0 Å². The van der Waals surface area contributed by atoms with E-state index in [0.29, 0.717) is 0 Å². The van der Waals surface area contributed by atoms with Crippen LogP contribution in [0.5, 0.6) is 0 Å². The summed E-state index contributed by atoms with van der Waals surface area (Å²) in [7, 11) is 14.9. The van der Waals surface area contributed by atoms with Crippen LogP contribution in [0.1, 0.15) is 59.6 Å². The van der Waals surface area contributed by atoms with Crippen molar-refractivity contribution in [1.82, 2.24) is 18.3 Å². The van der Waals surface area contributed by atoms with Gasteiger partial charge in [-0.05, 0) is 126 Å². The Morgan fingerprint density at radius 3 is 1.21 bits per heavy atom. The third kappa shape index (κ3) is 13.1. The average molecular weight is 1670 g/mol. The van der Waals surface area contributed by atoms with E-state index in [9.17, 15) is 0 Å². The summed E-state index contributed by atoms with van der Waals surface area (Å²) in [6, 6.07) is 106. The molecule has 0 atom stereocenters. The smallest absolute Gasteiger partial charge is 0.249 e. The summed E-state index contributed by atoms with van der Waals surface area (Å²) in [5.74, 6) is 2.83. The molecule has 0 spiro atoms. The van der Waals surface area contributed by atoms with E-state index >= 15 is 0 Å². The Hall–Kier alpha value is -14.7. The number of benzene rings is 13. The van der Waals surface area contributed by atoms with Crippen LogP contribution in [0.2, 0.25) is 0 Å². The zero-order valence-corrected chi connectivity index (χ0v) is 70.1. The van der Waals surface area contributed by atoms with Gasteiger partial charge in [0, 0.05) is 142 Å². The summed E-state index contributed by atoms with van der Waals surface area (Å²) >= 11 is 1.88. The average Bonchev–Trinajstić information content (AvgIpc) is 1.58. The van der Waals surface area contributed by atoms with Crippen LogP contribution in [0, 0.1) is 27.7 Å². The molecule has 622 valence electrons. The Morgan fingerprint density at radius 2 is 0.659 bits per heavy atom. The normalized spacial score (nSPS) is 11.5. The number of aromatic nitrogens is 8. The van der Waals surface area contributed by atoms with Gasteiger partial charge in [-0.3, -0.25) is 0 Å². The van der Waals surface area contributed by atoms with Gasteiger partial charge in [-0.1, -0.05) is 256 Å². The standard InChI is InChI=1S/C31H23N2S.3C26H21N2O.5CH4/c1-20-24-14-8-9-15-30(24)34-31(20)28-18-26-25-16-21-10-6-7-11-22(21)17-27(25)33(29(26)19-32(28)2)23-12-4-3-5-13-23;1-16-18-9-6-7-11-24(18)29-26(16)22-14-20-23(15-27(22)2)28(3)21-13-12-17-8-4-5-10-19(17)25(20)21;1-16-18-9-6-7-11-24(18)29-26(16)22-14-21-20-13-12-17-8-4-5-10-19(17)25(20)28(3)23(21)15-27(22)2;1-16-25(20-10-6-7-11-24(20)29-16)22-14-21-19-13-12-17-8-4-5-9-18(17)26(19)28(3)23(21)15-27(22)2;;;;;/h3-19H,1-2H3;3*4-15H,1-3H3;5*1H4/q4*+1;;;;;. The monoisotopic (exact) mass is 1670 g/mol. The topological polar surface area (TPSA) is 74.7 Å². The first-order valence-electron chi connectivity index (χ1n) is 41.3. The molecule has 0 saturated carbocycles. The Balaban J connectivity index is 0.000000117. The van der Waals surface area contributed by atoms with Gasteiger partial charge in [0.1, 0.15) is 77.6 Å². The molecule has 0 aliphatic heterocycles. The lowest BCUT2D eigenvalue weighted by molar-refractivity contribution is -0.659. The van der Waals surface area contributed by atoms with Crippen molar-refractivity contribution in [2.75, 3.05) is 0 Å². The molecule has 126 heavy (non-hydrogen) atoms. The molecule has 12 heterocycles. The Morgan fingerprint density at radius 1 is 0.270 bits per heavy atom. The molecule has 0 saturated heterocycles. The summed E-state index contributed by atoms with van der Waals surface area (Å²) in [6.07, 6.45) is 8.96. The van der Waals surface area contributed by atoms with E-state index in [2.05, 4.69) is 399 Å². The summed E-state index contributed by atoms with van der Waals surface area (Å²) in [4.78, 5) is 1.34. The van der Waals surface area contributed by atoms with Gasteiger partial charge in [0.2, 0.25) is 34.3 Å². The minimum atomic E-state index is 0. The van der Waals surface area contributed by atoms with Gasteiger partial charge < -0.3 is 31.5 Å². The van der Waals surface area contributed by atoms with Gasteiger partial charge in [-0.15, -0.1) is 11.3 Å². The number of nitrogens with zero attached hydrogens (tertiary/aromatic N) is 8. The van der Waals surface area contributed by atoms with Crippen LogP contribution < -0.4 is 18.3 Å². The van der Waals surface area contributed by atoms with Crippen LogP contribution in [0.25, 0.3) is 224 Å². The number of thiophene rings is 1. The van der Waals surface area contributed by atoms with Crippen LogP contribution in [-0.4, -0.2) is 18.3 Å². The summed E-state index contributed by atoms with van der Waals surface area (Å²) in [5, 5.41) is 25.3. The maximum absolute atomic E-state index is 6.29. The Kier molecular flexibility index (Phi) is 21.6. The molecule has 0 aliphatic carbocycles. The SMILES string of the molecule is C.C.C.C.C.Cc1c(-c2cc3c4c5ccccc5ccc4n(C)c3c[n+]2C)oc2ccccc12.Cc1c(-c2cc3c4cc5ccccc5cc4n(-c4ccccc4)c3c[n+]2C)sc2ccccc12.Cc1c(-c2cc3c4ccc5ccccc5c4n(C)c3c[n+]2C)oc2ccccc12.Cc1oc2ccccc2c1-c1cc2c3ccc4ccccc4c3n(C)c2c[n+]1C. The van der Waals surface area contributed by atoms with E-state index in [4.69, 9.17) is 13.3 Å². The number of aryl methyl sites for hydroxylation is 11. The van der Waals surface area contributed by atoms with E-state index in [1.54, 1.807) is 0 Å². The second-order valence-electron chi connectivity index (χ2n) is 32.6. The fraction of sp³-hybridized carbons (Fsp3) is 0.140. The van der Waals surface area contributed by atoms with Crippen molar-refractivity contribution in [1.29, 1.82) is 0 Å². The third-order valence-electron chi connectivity index (χ3n) is 25.6. The lowest BCUT2D eigenvalue weighted by atomic mass is 10.0. The lowest BCUT2D eigenvalue weighted by Crippen LogP contribution is -2.30. The molecule has 0 N–H and O–H groups in total. The molecule has 25 rings (SSSR count). The van der Waals surface area contributed by atoms with Crippen molar-refractivity contribution in [3.8, 4) is 50.4 Å². The molecule has 11 nitrogen and oxygen atoms in total. The zero-order valence-electron chi connectivity index (χ0n) is 69.3. The Bertz CT molecular complexity index is 8620. The van der Waals surface area contributed by atoms with Crippen LogP contribution >= 0.6 is 11.3 Å². The lowest BCUT2D eigenvalue weighted by Gasteiger charge is -2.08. The highest BCUT2D eigenvalue weighted by molar-refractivity contribution is 7.22. The van der Waals surface area contributed by atoms with Crippen LogP contribution in [0.3, 0.4) is 0 Å². The molecular formula is C114H106N8O3S+4. The highest BCUT2D eigenvalue weighted by atomic mass is 32.1. The first kappa shape index (κ1) is 83.5. The van der Waals surface area contributed by atoms with E-state index in [0.717, 1.165) is 50.8 Å². The first-order chi connectivity index (χ1) is 59.1. The van der Waals surface area contributed by atoms with Gasteiger partial charge in [0.05, 0.1) is 22.1 Å². The number of fused-ring (bicyclic) bond motifs is 23. The van der Waals surface area contributed by atoms with E-state index in [1.807, 2.05) is 47.7 Å². The minimum Gasteiger partial charge on any atom is -0.460 e. The third-order valence-corrected chi connectivity index (χ3v) is 26.9. The molecule has 13 aromatic carbocycles. The predicted octanol–water partition coefficient (Wildman–Crippen LogP) is 29.2. The van der Waals surface area contributed by atoms with Crippen molar-refractivity contribution >= 4 is 185 Å². The second kappa shape index (κ2) is 32.5. The van der Waals surface area contributed by atoms with Crippen molar-refractivity contribution in [3.05, 3.63) is 344 Å². The predicted molar refractivity (Wildman–Crippen MR) is 536 cm³/mol. The molecule has 12 heteroatoms. The second-order valence-corrected chi connectivity index (χ2v) is 33.6. The minimum absolute atomic E-state index is 0. The fourth-order valence-electron chi connectivity index (χ4n) is 19.5. The molecule has 12 aromatic heterocycles. The van der Waals surface area contributed by atoms with Crippen LogP contribution in [0.4, 0.5) is 0 Å². The molecule has 0 fully saturated rings. The van der Waals surface area contributed by atoms with Crippen LogP contribution in [0.15, 0.2) is 335 Å². The number of rotatable bonds is 5. The molecule has 0 amide bonds. The highest BCUT2D eigenvalue weighted by Gasteiger charge is 2.30. The largest absolute Gasteiger partial charge is 0.460 e. The van der Waals surface area contributed by atoms with Crippen LogP contribution in [-0.2, 0) is 49.3 Å². The molecule has 25 aromatic rings. The highest BCUT2D eigenvalue weighted by Crippen LogP contribution is 2.45. The maximum atomic E-state index is 6.29. The summed E-state index contributed by atoms with van der Waals surface area (Å²) in [6.45, 7) is 8.58. The van der Waals surface area contributed by atoms with Gasteiger partial charge in [-0.25, -0.2) is 0 Å². The van der Waals surface area contributed by atoms with Crippen molar-refractivity contribution < 1.29 is 31.5 Å². The maximum Gasteiger partial charge on any atom is 0.249 e. The number of pyridine rings is 4. The number of para-hydroxylation sites is 4. The molecular weight excluding hydrogens is 1560 g/mol. The first-order valence-corrected chi connectivity index (χ1v) is 42.2. The van der Waals surface area contributed by atoms with Gasteiger partial charge in [0.25, 0.3) is 0 Å². The number of hydrogen-bond acceptors (Lipinski definition) is 4. The fourth-order valence-corrected chi connectivity index (χ4v) is 20.8. The van der Waals surface area contributed by atoms with Gasteiger partial charge in [0.15, 0.2) is 24.8 Å². The van der Waals surface area contributed by atoms with Crippen molar-refractivity contribution in [2.24, 2.45) is 49.3 Å². The Labute approximate surface area is 738 Å². The zero-order chi connectivity index (χ0) is 81.9. The van der Waals surface area contributed by atoms with Crippen molar-refractivity contribution in [2.45, 2.75) is 64.8 Å². The van der Waals surface area contributed by atoms with E-state index in [1.165, 1.54) is 195 Å². The molecule has 0 radical (unpaired) electrons. The molecule has 0 aliphatic rings. The molecule has 0 unspecified atom stereocenters. The quantitative estimate of drug-likeness (QED) is 0.161. The summed E-state index contributed by atoms with van der Waals surface area (Å²) < 4.78 is 38.1. The number of furan rings is 3. The molecule has 0 bridgehead atoms. The van der Waals surface area contributed by atoms with E-state index < -0.39 is 0 Å². The van der Waals surface area contributed by atoms with E-state index in [-0.39, 0.29) is 37.1 Å². The number of hydrogen-bond donors (Lipinski definition) is 0. The van der Waals surface area contributed by atoms with Crippen molar-refractivity contribution in [3.63, 3.8) is 0 Å². The van der Waals surface area contributed by atoms with Gasteiger partial charge in [-0.2, -0.15) is 18.3 Å². The summed E-state index contributed by atoms with van der Waals surface area (Å²) in [5.41, 5.74) is 23.4.